The molecule has 2 rings (SSSR count). The molecule has 20 heavy (non-hydrogen) atoms. The number of ether oxygens (including phenoxy) is 1. The van der Waals surface area contributed by atoms with E-state index in [9.17, 15) is 15.0 Å². The van der Waals surface area contributed by atoms with Gasteiger partial charge in [-0.25, -0.2) is 4.79 Å². The summed E-state index contributed by atoms with van der Waals surface area (Å²) in [7, 11) is 0. The number of nitrogens with zero attached hydrogens (tertiary/aromatic N) is 1. The molecule has 1 heterocycles. The van der Waals surface area contributed by atoms with Gasteiger partial charge >= 0.3 is 5.97 Å². The molecule has 0 spiro atoms. The minimum atomic E-state index is -0.938. The van der Waals surface area contributed by atoms with E-state index < -0.39 is 5.97 Å². The van der Waals surface area contributed by atoms with Gasteiger partial charge in [0.2, 0.25) is 0 Å². The number of aliphatic carboxylic acids is 1. The van der Waals surface area contributed by atoms with Gasteiger partial charge < -0.3 is 20.1 Å². The van der Waals surface area contributed by atoms with Gasteiger partial charge in [-0.1, -0.05) is 6.07 Å². The number of aromatic hydroxyl groups is 2. The third kappa shape index (κ3) is 4.11. The van der Waals surface area contributed by atoms with E-state index in [1.165, 1.54) is 6.07 Å². The molecule has 0 aromatic heterocycles. The number of piperidine rings is 1. The number of hydrogen-bond acceptors (Lipinski definition) is 5. The normalized spacial score (nSPS) is 17.2. The fourth-order valence-corrected chi connectivity index (χ4v) is 2.35. The molecule has 6 heteroatoms. The standard InChI is InChI=1S/C14H19NO5/c16-12-2-1-10(7-13(12)17)8-15-5-3-11(4-6-15)20-9-14(18)19/h1-2,7,11,16-17H,3-6,8-9H2,(H,18,19). The molecular formula is C14H19NO5. The van der Waals surface area contributed by atoms with Crippen molar-refractivity contribution < 1.29 is 24.9 Å². The first-order valence-corrected chi connectivity index (χ1v) is 6.61. The SMILES string of the molecule is O=C(O)COC1CCN(Cc2ccc(O)c(O)c2)CC1. The topological polar surface area (TPSA) is 90.2 Å². The molecule has 0 saturated carbocycles. The summed E-state index contributed by atoms with van der Waals surface area (Å²) in [5, 5.41) is 27.3. The van der Waals surface area contributed by atoms with Crippen LogP contribution in [0.15, 0.2) is 18.2 Å². The fraction of sp³-hybridized carbons (Fsp3) is 0.500. The second-order valence-electron chi connectivity index (χ2n) is 5.00. The number of phenols is 2. The van der Waals surface area contributed by atoms with Crippen molar-refractivity contribution in [2.45, 2.75) is 25.5 Å². The summed E-state index contributed by atoms with van der Waals surface area (Å²) in [5.41, 5.74) is 0.935. The Bertz CT molecular complexity index is 469. The Labute approximate surface area is 117 Å². The lowest BCUT2D eigenvalue weighted by molar-refractivity contribution is -0.145. The smallest absolute Gasteiger partial charge is 0.329 e. The van der Waals surface area contributed by atoms with Gasteiger partial charge in [0, 0.05) is 19.6 Å². The van der Waals surface area contributed by atoms with Crippen LogP contribution in [0.25, 0.3) is 0 Å². The Hall–Kier alpha value is -1.79. The van der Waals surface area contributed by atoms with E-state index >= 15 is 0 Å². The van der Waals surface area contributed by atoms with Crippen LogP contribution in [-0.4, -0.2) is 52.0 Å². The van der Waals surface area contributed by atoms with Crippen LogP contribution in [0.1, 0.15) is 18.4 Å². The van der Waals surface area contributed by atoms with Crippen LogP contribution in [-0.2, 0) is 16.1 Å². The van der Waals surface area contributed by atoms with Crippen molar-refractivity contribution in [3.63, 3.8) is 0 Å². The first-order valence-electron chi connectivity index (χ1n) is 6.61. The second kappa shape index (κ2) is 6.58. The zero-order valence-electron chi connectivity index (χ0n) is 11.2. The fourth-order valence-electron chi connectivity index (χ4n) is 2.35. The van der Waals surface area contributed by atoms with E-state index in [4.69, 9.17) is 9.84 Å². The van der Waals surface area contributed by atoms with Crippen LogP contribution in [0.2, 0.25) is 0 Å². The summed E-state index contributed by atoms with van der Waals surface area (Å²) >= 11 is 0. The number of phenolic OH excluding ortho intramolecular Hbond substituents is 2. The predicted molar refractivity (Wildman–Crippen MR) is 71.7 cm³/mol. The van der Waals surface area contributed by atoms with Crippen molar-refractivity contribution in [1.82, 2.24) is 4.90 Å². The highest BCUT2D eigenvalue weighted by molar-refractivity contribution is 5.68. The number of benzene rings is 1. The number of carboxylic acids is 1. The molecule has 6 nitrogen and oxygen atoms in total. The number of carboxylic acid groups (broad SMARTS) is 1. The highest BCUT2D eigenvalue weighted by Gasteiger charge is 2.20. The maximum absolute atomic E-state index is 10.4. The number of hydrogen-bond donors (Lipinski definition) is 3. The molecule has 1 aliphatic heterocycles. The Morgan fingerprint density at radius 3 is 2.55 bits per heavy atom. The molecule has 0 unspecified atom stereocenters. The zero-order chi connectivity index (χ0) is 14.5. The molecule has 0 atom stereocenters. The Morgan fingerprint density at radius 1 is 1.25 bits per heavy atom. The van der Waals surface area contributed by atoms with E-state index in [-0.39, 0.29) is 24.2 Å². The van der Waals surface area contributed by atoms with Crippen molar-refractivity contribution in [1.29, 1.82) is 0 Å². The summed E-state index contributed by atoms with van der Waals surface area (Å²) in [4.78, 5) is 12.6. The van der Waals surface area contributed by atoms with E-state index in [1.807, 2.05) is 0 Å². The number of rotatable bonds is 5. The lowest BCUT2D eigenvalue weighted by Crippen LogP contribution is -2.37. The van der Waals surface area contributed by atoms with Crippen LogP contribution < -0.4 is 0 Å². The molecule has 0 aliphatic carbocycles. The van der Waals surface area contributed by atoms with Gasteiger partial charge in [-0.2, -0.15) is 0 Å². The first-order chi connectivity index (χ1) is 9.54. The summed E-state index contributed by atoms with van der Waals surface area (Å²) < 4.78 is 5.28. The minimum absolute atomic E-state index is 0.00979. The van der Waals surface area contributed by atoms with Crippen molar-refractivity contribution >= 4 is 5.97 Å². The van der Waals surface area contributed by atoms with Gasteiger partial charge in [-0.15, -0.1) is 0 Å². The van der Waals surface area contributed by atoms with Gasteiger partial charge in [-0.3, -0.25) is 4.90 Å². The molecule has 0 amide bonds. The summed E-state index contributed by atoms with van der Waals surface area (Å²) in [5.74, 6) is -1.16. The monoisotopic (exact) mass is 281 g/mol. The van der Waals surface area contributed by atoms with E-state index in [2.05, 4.69) is 4.90 Å². The molecule has 1 aromatic rings. The summed E-state index contributed by atoms with van der Waals surface area (Å²) in [6.45, 7) is 2.10. The highest BCUT2D eigenvalue weighted by atomic mass is 16.5. The summed E-state index contributed by atoms with van der Waals surface area (Å²) in [6, 6.07) is 4.82. The molecule has 1 aliphatic rings. The van der Waals surface area contributed by atoms with Gasteiger partial charge in [-0.05, 0) is 30.5 Å². The quantitative estimate of drug-likeness (QED) is 0.702. The Morgan fingerprint density at radius 2 is 1.95 bits per heavy atom. The molecule has 0 bridgehead atoms. The maximum atomic E-state index is 10.4. The van der Waals surface area contributed by atoms with Crippen LogP contribution in [0.4, 0.5) is 0 Å². The van der Waals surface area contributed by atoms with Crippen LogP contribution in [0.5, 0.6) is 11.5 Å². The Balaban J connectivity index is 1.79. The lowest BCUT2D eigenvalue weighted by Gasteiger charge is -2.31. The molecule has 110 valence electrons. The molecule has 3 N–H and O–H groups in total. The van der Waals surface area contributed by atoms with Crippen molar-refractivity contribution in [3.05, 3.63) is 23.8 Å². The zero-order valence-corrected chi connectivity index (χ0v) is 11.2. The van der Waals surface area contributed by atoms with Gasteiger partial charge in [0.05, 0.1) is 6.10 Å². The highest BCUT2D eigenvalue weighted by Crippen LogP contribution is 2.26. The van der Waals surface area contributed by atoms with E-state index in [0.717, 1.165) is 31.5 Å². The van der Waals surface area contributed by atoms with Gasteiger partial charge in [0.1, 0.15) is 6.61 Å². The lowest BCUT2D eigenvalue weighted by atomic mass is 10.1. The largest absolute Gasteiger partial charge is 0.504 e. The van der Waals surface area contributed by atoms with Crippen molar-refractivity contribution in [3.8, 4) is 11.5 Å². The first kappa shape index (κ1) is 14.6. The molecule has 1 aromatic carbocycles. The van der Waals surface area contributed by atoms with Crippen LogP contribution >= 0.6 is 0 Å². The van der Waals surface area contributed by atoms with Crippen LogP contribution in [0, 0.1) is 0 Å². The molecule has 1 fully saturated rings. The van der Waals surface area contributed by atoms with Gasteiger partial charge in [0.15, 0.2) is 11.5 Å². The van der Waals surface area contributed by atoms with E-state index in [0.29, 0.717) is 6.54 Å². The van der Waals surface area contributed by atoms with E-state index in [1.54, 1.807) is 12.1 Å². The average Bonchev–Trinajstić information content (AvgIpc) is 2.42. The minimum Gasteiger partial charge on any atom is -0.504 e. The third-order valence-corrected chi connectivity index (χ3v) is 3.42. The molecular weight excluding hydrogens is 262 g/mol. The number of likely N-dealkylation sites (tertiary alicyclic amines) is 1. The van der Waals surface area contributed by atoms with Crippen molar-refractivity contribution in [2.75, 3.05) is 19.7 Å². The maximum Gasteiger partial charge on any atom is 0.329 e. The van der Waals surface area contributed by atoms with Crippen LogP contribution in [0.3, 0.4) is 0 Å². The molecule has 0 radical (unpaired) electrons. The predicted octanol–water partition coefficient (Wildman–Crippen LogP) is 1.16. The van der Waals surface area contributed by atoms with Crippen molar-refractivity contribution in [2.24, 2.45) is 0 Å². The second-order valence-corrected chi connectivity index (χ2v) is 5.00. The average molecular weight is 281 g/mol. The summed E-state index contributed by atoms with van der Waals surface area (Å²) in [6.07, 6.45) is 1.62. The Kier molecular flexibility index (Phi) is 4.81. The number of carbonyl (C=O) groups is 1. The third-order valence-electron chi connectivity index (χ3n) is 3.42. The van der Waals surface area contributed by atoms with Gasteiger partial charge in [0.25, 0.3) is 0 Å². The molecule has 1 saturated heterocycles.